The predicted molar refractivity (Wildman–Crippen MR) is 135 cm³/mol. The highest BCUT2D eigenvalue weighted by atomic mass is 32.2. The molecule has 1 rings (SSSR count). The van der Waals surface area contributed by atoms with Crippen molar-refractivity contribution in [3.8, 4) is 0 Å². The lowest BCUT2D eigenvalue weighted by Gasteiger charge is -2.24. The summed E-state index contributed by atoms with van der Waals surface area (Å²) >= 11 is 5.54. The first-order chi connectivity index (χ1) is 16.6. The number of hydrogen-bond donors (Lipinski definition) is 7. The first kappa shape index (κ1) is 30.3. The summed E-state index contributed by atoms with van der Waals surface area (Å²) in [6, 6.07) is 4.25. The molecule has 4 atom stereocenters. The standard InChI is InChI=1S/C22H32N4O7S2/c1-35-10-9-15(24-19(29)14(23)7-8-18(27)28)20(30)26-17(12-34)21(31)25-16(22(32)33)11-13-5-3-2-4-6-13/h2-6,14-17,34H,7-12,23H2,1H3,(H,24,29)(H,25,31)(H,26,30)(H,27,28)(H,32,33). The Bertz CT molecular complexity index is 873. The van der Waals surface area contributed by atoms with Gasteiger partial charge in [0.15, 0.2) is 0 Å². The minimum absolute atomic E-state index is 0.0514. The highest BCUT2D eigenvalue weighted by Gasteiger charge is 2.29. The smallest absolute Gasteiger partial charge is 0.326 e. The van der Waals surface area contributed by atoms with Crippen LogP contribution in [0.3, 0.4) is 0 Å². The normalized spacial score (nSPS) is 14.1. The van der Waals surface area contributed by atoms with Crippen LogP contribution >= 0.6 is 24.4 Å². The fraction of sp³-hybridized carbons (Fsp3) is 0.500. The average molecular weight is 529 g/mol. The van der Waals surface area contributed by atoms with Gasteiger partial charge in [-0.05, 0) is 30.4 Å². The Kier molecular flexibility index (Phi) is 13.8. The number of rotatable bonds is 16. The van der Waals surface area contributed by atoms with Gasteiger partial charge >= 0.3 is 11.9 Å². The zero-order valence-electron chi connectivity index (χ0n) is 19.3. The molecule has 0 saturated carbocycles. The third-order valence-electron chi connectivity index (χ3n) is 4.96. The van der Waals surface area contributed by atoms with Gasteiger partial charge in [0.05, 0.1) is 6.04 Å². The zero-order valence-corrected chi connectivity index (χ0v) is 21.0. The van der Waals surface area contributed by atoms with Crippen LogP contribution in [0.25, 0.3) is 0 Å². The molecule has 0 aromatic heterocycles. The van der Waals surface area contributed by atoms with E-state index in [1.54, 1.807) is 30.3 Å². The van der Waals surface area contributed by atoms with Crippen LogP contribution in [0, 0.1) is 0 Å². The van der Waals surface area contributed by atoms with Crippen molar-refractivity contribution in [1.82, 2.24) is 16.0 Å². The van der Waals surface area contributed by atoms with Crippen LogP contribution in [-0.2, 0) is 30.4 Å². The van der Waals surface area contributed by atoms with Crippen molar-refractivity contribution in [2.75, 3.05) is 17.8 Å². The Balaban J connectivity index is 2.82. The number of benzene rings is 1. The van der Waals surface area contributed by atoms with Crippen molar-refractivity contribution in [2.45, 2.75) is 49.9 Å². The van der Waals surface area contributed by atoms with Crippen LogP contribution in [0.2, 0.25) is 0 Å². The van der Waals surface area contributed by atoms with Gasteiger partial charge in [-0.1, -0.05) is 30.3 Å². The number of thioether (sulfide) groups is 1. The average Bonchev–Trinajstić information content (AvgIpc) is 2.83. The molecule has 0 heterocycles. The number of nitrogens with two attached hydrogens (primary N) is 1. The van der Waals surface area contributed by atoms with E-state index in [0.717, 1.165) is 0 Å². The molecule has 7 N–H and O–H groups in total. The highest BCUT2D eigenvalue weighted by Crippen LogP contribution is 2.06. The van der Waals surface area contributed by atoms with E-state index in [9.17, 15) is 29.1 Å². The molecule has 3 amide bonds. The second kappa shape index (κ2) is 16.0. The van der Waals surface area contributed by atoms with Crippen molar-refractivity contribution < 1.29 is 34.2 Å². The molecule has 194 valence electrons. The van der Waals surface area contributed by atoms with Crippen LogP contribution < -0.4 is 21.7 Å². The topological polar surface area (TPSA) is 188 Å². The molecule has 0 bridgehead atoms. The molecule has 4 unspecified atom stereocenters. The van der Waals surface area contributed by atoms with Gasteiger partial charge in [0.25, 0.3) is 0 Å². The number of thiol groups is 1. The Morgan fingerprint density at radius 3 is 2.03 bits per heavy atom. The molecule has 1 aromatic carbocycles. The van der Waals surface area contributed by atoms with Gasteiger partial charge in [-0.15, -0.1) is 0 Å². The second-order valence-electron chi connectivity index (χ2n) is 7.71. The number of aliphatic carboxylic acids is 2. The van der Waals surface area contributed by atoms with Gasteiger partial charge in [-0.25, -0.2) is 4.79 Å². The molecule has 0 saturated heterocycles. The van der Waals surface area contributed by atoms with Crippen LogP contribution in [-0.4, -0.2) is 81.8 Å². The minimum Gasteiger partial charge on any atom is -0.481 e. The summed E-state index contributed by atoms with van der Waals surface area (Å²) in [4.78, 5) is 60.3. The number of carbonyl (C=O) groups excluding carboxylic acids is 3. The van der Waals surface area contributed by atoms with Crippen LogP contribution in [0.15, 0.2) is 30.3 Å². The first-order valence-electron chi connectivity index (χ1n) is 10.8. The molecule has 0 radical (unpaired) electrons. The van der Waals surface area contributed by atoms with Gasteiger partial charge in [0.1, 0.15) is 18.1 Å². The van der Waals surface area contributed by atoms with Crippen molar-refractivity contribution >= 4 is 54.1 Å². The number of hydrogen-bond acceptors (Lipinski definition) is 8. The van der Waals surface area contributed by atoms with E-state index >= 15 is 0 Å². The van der Waals surface area contributed by atoms with E-state index in [1.807, 2.05) is 6.26 Å². The Labute approximate surface area is 213 Å². The lowest BCUT2D eigenvalue weighted by molar-refractivity contribution is -0.142. The molecular formula is C22H32N4O7S2. The molecule has 1 aromatic rings. The van der Waals surface area contributed by atoms with Crippen molar-refractivity contribution in [1.29, 1.82) is 0 Å². The molecule has 11 nitrogen and oxygen atoms in total. The van der Waals surface area contributed by atoms with Gasteiger partial charge in [0.2, 0.25) is 17.7 Å². The maximum Gasteiger partial charge on any atom is 0.326 e. The largest absolute Gasteiger partial charge is 0.481 e. The fourth-order valence-electron chi connectivity index (χ4n) is 2.98. The van der Waals surface area contributed by atoms with E-state index in [1.165, 1.54) is 11.8 Å². The first-order valence-corrected chi connectivity index (χ1v) is 12.9. The summed E-state index contributed by atoms with van der Waals surface area (Å²) in [6.45, 7) is 0. The van der Waals surface area contributed by atoms with Gasteiger partial charge in [-0.2, -0.15) is 24.4 Å². The molecule has 35 heavy (non-hydrogen) atoms. The van der Waals surface area contributed by atoms with Gasteiger partial charge in [0, 0.05) is 18.6 Å². The van der Waals surface area contributed by atoms with Crippen molar-refractivity contribution in [2.24, 2.45) is 5.73 Å². The Morgan fingerprint density at radius 1 is 0.914 bits per heavy atom. The van der Waals surface area contributed by atoms with Crippen molar-refractivity contribution in [3.63, 3.8) is 0 Å². The maximum absolute atomic E-state index is 12.9. The van der Waals surface area contributed by atoms with Gasteiger partial charge < -0.3 is 31.9 Å². The van der Waals surface area contributed by atoms with E-state index < -0.39 is 53.8 Å². The Morgan fingerprint density at radius 2 is 1.49 bits per heavy atom. The minimum atomic E-state index is -1.23. The van der Waals surface area contributed by atoms with Gasteiger partial charge in [-0.3, -0.25) is 19.2 Å². The van der Waals surface area contributed by atoms with Crippen LogP contribution in [0.1, 0.15) is 24.8 Å². The summed E-state index contributed by atoms with van der Waals surface area (Å²) in [5.41, 5.74) is 6.43. The third kappa shape index (κ3) is 11.5. The number of carboxylic acids is 2. The molecule has 0 fully saturated rings. The van der Waals surface area contributed by atoms with Crippen LogP contribution in [0.4, 0.5) is 0 Å². The quantitative estimate of drug-likeness (QED) is 0.141. The zero-order chi connectivity index (χ0) is 26.4. The van der Waals surface area contributed by atoms with E-state index in [4.69, 9.17) is 10.8 Å². The lowest BCUT2D eigenvalue weighted by atomic mass is 10.1. The molecular weight excluding hydrogens is 496 g/mol. The second-order valence-corrected chi connectivity index (χ2v) is 9.07. The van der Waals surface area contributed by atoms with Crippen molar-refractivity contribution in [3.05, 3.63) is 35.9 Å². The molecule has 13 heteroatoms. The molecule has 0 aliphatic carbocycles. The Hall–Kier alpha value is -2.77. The monoisotopic (exact) mass is 528 g/mol. The van der Waals surface area contributed by atoms with E-state index in [2.05, 4.69) is 28.6 Å². The summed E-state index contributed by atoms with van der Waals surface area (Å²) < 4.78 is 0. The predicted octanol–water partition coefficient (Wildman–Crippen LogP) is -0.357. The highest BCUT2D eigenvalue weighted by molar-refractivity contribution is 7.98. The summed E-state index contributed by atoms with van der Waals surface area (Å²) in [6.07, 6.45) is 1.70. The molecule has 0 aliphatic rings. The maximum atomic E-state index is 12.9. The lowest BCUT2D eigenvalue weighted by Crippen LogP contribution is -2.58. The van der Waals surface area contributed by atoms with E-state index in [0.29, 0.717) is 11.3 Å². The summed E-state index contributed by atoms with van der Waals surface area (Å²) in [5, 5.41) is 25.7. The SMILES string of the molecule is CSCCC(NC(=O)C(N)CCC(=O)O)C(=O)NC(CS)C(=O)NC(Cc1ccccc1)C(=O)O. The molecule has 0 spiro atoms. The van der Waals surface area contributed by atoms with Crippen LogP contribution in [0.5, 0.6) is 0 Å². The fourth-order valence-corrected chi connectivity index (χ4v) is 3.71. The number of nitrogens with one attached hydrogen (secondary N) is 3. The molecule has 0 aliphatic heterocycles. The third-order valence-corrected chi connectivity index (χ3v) is 5.97. The van der Waals surface area contributed by atoms with E-state index in [-0.39, 0.29) is 31.4 Å². The number of carbonyl (C=O) groups is 5. The summed E-state index contributed by atoms with van der Waals surface area (Å²) in [5.74, 6) is -4.01. The summed E-state index contributed by atoms with van der Waals surface area (Å²) in [7, 11) is 0. The number of amides is 3. The number of carboxylic acid groups (broad SMARTS) is 2.